The smallest absolute Gasteiger partial charge is 0.345 e. The maximum absolute atomic E-state index is 12.2. The third-order valence-corrected chi connectivity index (χ3v) is 4.18. The summed E-state index contributed by atoms with van der Waals surface area (Å²) in [4.78, 5) is 12.2. The van der Waals surface area contributed by atoms with Crippen molar-refractivity contribution in [2.75, 3.05) is 5.32 Å². The Kier molecular flexibility index (Phi) is 5.14. The fraction of sp³-hybridized carbons (Fsp3) is 0.150. The number of thiocarbonyl (C=S) groups is 1. The van der Waals surface area contributed by atoms with Gasteiger partial charge in [0.25, 0.3) is 0 Å². The molecule has 0 bridgehead atoms. The number of hydrogen-bond donors (Lipinski definition) is 2. The first kappa shape index (κ1) is 17.8. The van der Waals surface area contributed by atoms with Gasteiger partial charge in [0.1, 0.15) is 5.58 Å². The van der Waals surface area contributed by atoms with Crippen LogP contribution in [0.1, 0.15) is 23.6 Å². The van der Waals surface area contributed by atoms with Gasteiger partial charge in [-0.05, 0) is 56.8 Å². The summed E-state index contributed by atoms with van der Waals surface area (Å²) in [7, 11) is 0. The quantitative estimate of drug-likeness (QED) is 0.316. The van der Waals surface area contributed by atoms with Gasteiger partial charge < -0.3 is 9.73 Å². The number of benzene rings is 2. The number of nitrogens with one attached hydrogen (secondary N) is 2. The standard InChI is InChI=1S/C20H19N3O2S/c1-12-8-9-17(13(2)10-12)21-20(26)23-22-14(3)16-11-15-6-4-5-7-18(15)25-19(16)24/h4-11H,1-3H3,(H2,21,23,26)/b22-14-. The normalized spacial score (nSPS) is 11.4. The second kappa shape index (κ2) is 7.49. The lowest BCUT2D eigenvalue weighted by Crippen LogP contribution is -2.26. The van der Waals surface area contributed by atoms with E-state index in [4.69, 9.17) is 16.6 Å². The van der Waals surface area contributed by atoms with E-state index in [-0.39, 0.29) is 0 Å². The van der Waals surface area contributed by atoms with Crippen LogP contribution in [0.2, 0.25) is 0 Å². The monoisotopic (exact) mass is 365 g/mol. The van der Waals surface area contributed by atoms with E-state index in [0.29, 0.717) is 22.0 Å². The van der Waals surface area contributed by atoms with Crippen molar-refractivity contribution in [3.8, 4) is 0 Å². The highest BCUT2D eigenvalue weighted by Gasteiger charge is 2.08. The van der Waals surface area contributed by atoms with E-state index < -0.39 is 5.63 Å². The second-order valence-corrected chi connectivity index (χ2v) is 6.48. The molecule has 0 fully saturated rings. The zero-order valence-corrected chi connectivity index (χ0v) is 15.6. The van der Waals surface area contributed by atoms with Gasteiger partial charge >= 0.3 is 5.63 Å². The zero-order valence-electron chi connectivity index (χ0n) is 14.8. The lowest BCUT2D eigenvalue weighted by atomic mass is 10.1. The van der Waals surface area contributed by atoms with Crippen LogP contribution in [-0.2, 0) is 0 Å². The summed E-state index contributed by atoms with van der Waals surface area (Å²) in [5.41, 5.74) is 6.96. The third kappa shape index (κ3) is 3.97. The molecule has 0 aliphatic carbocycles. The average molecular weight is 365 g/mol. The molecule has 0 radical (unpaired) electrons. The van der Waals surface area contributed by atoms with Crippen LogP contribution < -0.4 is 16.4 Å². The van der Waals surface area contributed by atoms with Crippen molar-refractivity contribution < 1.29 is 4.42 Å². The Hall–Kier alpha value is -2.99. The molecule has 0 unspecified atom stereocenters. The van der Waals surface area contributed by atoms with Crippen LogP contribution in [0.4, 0.5) is 5.69 Å². The number of fused-ring (bicyclic) bond motifs is 1. The fourth-order valence-corrected chi connectivity index (χ4v) is 2.77. The Bertz CT molecular complexity index is 1070. The van der Waals surface area contributed by atoms with Gasteiger partial charge in [0.2, 0.25) is 0 Å². The molecule has 0 saturated carbocycles. The first-order chi connectivity index (χ1) is 12.4. The molecule has 0 spiro atoms. The number of hydrogen-bond acceptors (Lipinski definition) is 4. The number of anilines is 1. The number of nitrogens with zero attached hydrogens (tertiary/aromatic N) is 1. The predicted octanol–water partition coefficient (Wildman–Crippen LogP) is 4.12. The van der Waals surface area contributed by atoms with Crippen LogP contribution in [0.3, 0.4) is 0 Å². The first-order valence-corrected chi connectivity index (χ1v) is 8.56. The summed E-state index contributed by atoms with van der Waals surface area (Å²) >= 11 is 5.28. The largest absolute Gasteiger partial charge is 0.422 e. The minimum atomic E-state index is -0.431. The van der Waals surface area contributed by atoms with E-state index in [1.165, 1.54) is 5.56 Å². The maximum atomic E-state index is 12.2. The summed E-state index contributed by atoms with van der Waals surface area (Å²) in [5.74, 6) is 0. The molecule has 1 aromatic heterocycles. The Labute approximate surface area is 156 Å². The second-order valence-electron chi connectivity index (χ2n) is 6.07. The molecule has 0 saturated heterocycles. The van der Waals surface area contributed by atoms with Crippen LogP contribution in [0, 0.1) is 13.8 Å². The fourth-order valence-electron chi connectivity index (χ4n) is 2.61. The van der Waals surface area contributed by atoms with Gasteiger partial charge in [-0.25, -0.2) is 4.79 Å². The van der Waals surface area contributed by atoms with E-state index >= 15 is 0 Å². The van der Waals surface area contributed by atoms with Crippen molar-refractivity contribution >= 4 is 39.7 Å². The Morgan fingerprint density at radius 2 is 1.88 bits per heavy atom. The zero-order chi connectivity index (χ0) is 18.7. The lowest BCUT2D eigenvalue weighted by Gasteiger charge is -2.11. The number of hydrazone groups is 1. The van der Waals surface area contributed by atoms with Crippen molar-refractivity contribution in [3.05, 3.63) is 75.6 Å². The molecule has 3 rings (SSSR count). The molecule has 0 aliphatic heterocycles. The van der Waals surface area contributed by atoms with Crippen molar-refractivity contribution in [2.45, 2.75) is 20.8 Å². The van der Waals surface area contributed by atoms with Crippen LogP contribution in [-0.4, -0.2) is 10.8 Å². The lowest BCUT2D eigenvalue weighted by molar-refractivity contribution is 0.559. The van der Waals surface area contributed by atoms with Crippen molar-refractivity contribution in [1.29, 1.82) is 0 Å². The van der Waals surface area contributed by atoms with Crippen molar-refractivity contribution in [2.24, 2.45) is 5.10 Å². The SMILES string of the molecule is C/C(=N/NC(=S)Nc1ccc(C)cc1C)c1cc2ccccc2oc1=O. The maximum Gasteiger partial charge on any atom is 0.345 e. The molecular weight excluding hydrogens is 346 g/mol. The highest BCUT2D eigenvalue weighted by atomic mass is 32.1. The molecule has 0 aliphatic rings. The van der Waals surface area contributed by atoms with E-state index in [0.717, 1.165) is 16.6 Å². The van der Waals surface area contributed by atoms with E-state index in [1.807, 2.05) is 44.2 Å². The van der Waals surface area contributed by atoms with Gasteiger partial charge in [0, 0.05) is 11.1 Å². The van der Waals surface area contributed by atoms with Gasteiger partial charge in [0.15, 0.2) is 5.11 Å². The number of rotatable bonds is 3. The molecule has 26 heavy (non-hydrogen) atoms. The van der Waals surface area contributed by atoms with Gasteiger partial charge in [0.05, 0.1) is 11.3 Å². The highest BCUT2D eigenvalue weighted by molar-refractivity contribution is 7.80. The van der Waals surface area contributed by atoms with Crippen molar-refractivity contribution in [3.63, 3.8) is 0 Å². The molecule has 132 valence electrons. The van der Waals surface area contributed by atoms with Gasteiger partial charge in [-0.1, -0.05) is 35.9 Å². The number of para-hydroxylation sites is 1. The summed E-state index contributed by atoms with van der Waals surface area (Å²) in [6.07, 6.45) is 0. The number of aryl methyl sites for hydroxylation is 2. The molecule has 2 aromatic carbocycles. The van der Waals surface area contributed by atoms with Gasteiger partial charge in [-0.15, -0.1) is 0 Å². The van der Waals surface area contributed by atoms with Crippen LogP contribution in [0.15, 0.2) is 62.8 Å². The molecule has 0 amide bonds. The van der Waals surface area contributed by atoms with Gasteiger partial charge in [-0.3, -0.25) is 5.43 Å². The Morgan fingerprint density at radius 3 is 2.65 bits per heavy atom. The molecule has 0 atom stereocenters. The molecule has 3 aromatic rings. The summed E-state index contributed by atoms with van der Waals surface area (Å²) in [6, 6.07) is 15.2. The first-order valence-electron chi connectivity index (χ1n) is 8.16. The highest BCUT2D eigenvalue weighted by Crippen LogP contribution is 2.16. The van der Waals surface area contributed by atoms with Gasteiger partial charge in [-0.2, -0.15) is 5.10 Å². The Morgan fingerprint density at radius 1 is 1.12 bits per heavy atom. The average Bonchev–Trinajstić information content (AvgIpc) is 2.61. The summed E-state index contributed by atoms with van der Waals surface area (Å²) < 4.78 is 5.33. The molecule has 1 heterocycles. The molecule has 5 nitrogen and oxygen atoms in total. The van der Waals surface area contributed by atoms with E-state index in [9.17, 15) is 4.79 Å². The summed E-state index contributed by atoms with van der Waals surface area (Å²) in [6.45, 7) is 5.77. The third-order valence-electron chi connectivity index (χ3n) is 3.99. The minimum Gasteiger partial charge on any atom is -0.422 e. The van der Waals surface area contributed by atoms with E-state index in [2.05, 4.69) is 21.9 Å². The molecule has 6 heteroatoms. The van der Waals surface area contributed by atoms with E-state index in [1.54, 1.807) is 19.1 Å². The molecule has 2 N–H and O–H groups in total. The topological polar surface area (TPSA) is 66.6 Å². The Balaban J connectivity index is 1.76. The summed E-state index contributed by atoms with van der Waals surface area (Å²) in [5, 5.41) is 8.50. The minimum absolute atomic E-state index is 0.349. The van der Waals surface area contributed by atoms with Crippen molar-refractivity contribution in [1.82, 2.24) is 5.43 Å². The molecular formula is C20H19N3O2S. The predicted molar refractivity (Wildman–Crippen MR) is 110 cm³/mol. The van der Waals surface area contributed by atoms with Crippen LogP contribution in [0.25, 0.3) is 11.0 Å². The van der Waals surface area contributed by atoms with Crippen LogP contribution in [0.5, 0.6) is 0 Å². The van der Waals surface area contributed by atoms with Crippen LogP contribution >= 0.6 is 12.2 Å².